The van der Waals surface area contributed by atoms with Crippen LogP contribution < -0.4 is 15.0 Å². The largest absolute Gasteiger partial charge is 0.495 e. The average Bonchev–Trinajstić information content (AvgIpc) is 3.13. The third-order valence-electron chi connectivity index (χ3n) is 11.0. The van der Waals surface area contributed by atoms with Crippen LogP contribution in [0.1, 0.15) is 72.3 Å². The molecule has 4 heterocycles. The zero-order valence-electron chi connectivity index (χ0n) is 34.8. The van der Waals surface area contributed by atoms with Crippen molar-refractivity contribution in [3.63, 3.8) is 0 Å². The molecule has 0 radical (unpaired) electrons. The number of nitrogens with zero attached hydrogens (tertiary/aromatic N) is 2. The van der Waals surface area contributed by atoms with Gasteiger partial charge in [0.1, 0.15) is 46.3 Å². The molecule has 1 aromatic carbocycles. The molecule has 8 atom stereocenters. The predicted octanol–water partition coefficient (Wildman–Crippen LogP) is 5.86. The molecule has 4 aliphatic rings. The molecule has 0 spiro atoms. The molecule has 17 heteroatoms. The van der Waals surface area contributed by atoms with E-state index in [1.165, 1.54) is 24.0 Å². The SMILES string of the molecule is COCC(C)(CCC(=O)N(C)[C@@H](C)C(=O)O[C@H]1CC(=O)N(C)c2cc(cc(OC)c2Cl)C/C(C)=C/C=C/[C@@H](OC)[C@@]2(O)C[C@H](OC(=O)N2)C2(C)C[C@@]1(C)O2)SSC. The minimum Gasteiger partial charge on any atom is -0.495 e. The third-order valence-corrected chi connectivity index (χ3v) is 14.0. The summed E-state index contributed by atoms with van der Waals surface area (Å²) in [5, 5.41) is 14.5. The molecule has 14 nitrogen and oxygen atoms in total. The molecule has 1 aromatic rings. The maximum Gasteiger partial charge on any atom is 0.409 e. The van der Waals surface area contributed by atoms with Gasteiger partial charge in [0.05, 0.1) is 25.8 Å². The van der Waals surface area contributed by atoms with Gasteiger partial charge in [0.2, 0.25) is 11.8 Å². The lowest BCUT2D eigenvalue weighted by Gasteiger charge is -2.59. The first-order chi connectivity index (χ1) is 26.7. The number of methoxy groups -OCH3 is 3. The Labute approximate surface area is 349 Å². The lowest BCUT2D eigenvalue weighted by atomic mass is 9.72. The zero-order chi connectivity index (χ0) is 42.5. The Morgan fingerprint density at radius 2 is 1.89 bits per heavy atom. The Kier molecular flexibility index (Phi) is 15.5. The summed E-state index contributed by atoms with van der Waals surface area (Å²) in [5.74, 6) is -1.06. The van der Waals surface area contributed by atoms with Crippen molar-refractivity contribution >= 4 is 62.8 Å². The van der Waals surface area contributed by atoms with Gasteiger partial charge in [-0.05, 0) is 71.4 Å². The highest BCUT2D eigenvalue weighted by molar-refractivity contribution is 8.77. The van der Waals surface area contributed by atoms with E-state index in [1.54, 1.807) is 87.8 Å². The summed E-state index contributed by atoms with van der Waals surface area (Å²) < 4.78 is 34.7. The van der Waals surface area contributed by atoms with E-state index in [2.05, 4.69) is 5.32 Å². The molecular formula is C40H58ClN3O11S2. The minimum absolute atomic E-state index is 0.101. The number of rotatable bonds is 12. The number of likely N-dealkylation sites (N-methyl/N-ethyl adjacent to an activating group) is 1. The first-order valence-electron chi connectivity index (χ1n) is 18.7. The Bertz CT molecular complexity index is 1710. The minimum atomic E-state index is -1.86. The van der Waals surface area contributed by atoms with Gasteiger partial charge in [-0.3, -0.25) is 14.9 Å². The van der Waals surface area contributed by atoms with Crippen LogP contribution in [-0.2, 0) is 44.5 Å². The second-order valence-electron chi connectivity index (χ2n) is 15.8. The first kappa shape index (κ1) is 46.7. The van der Waals surface area contributed by atoms with Crippen LogP contribution >= 0.6 is 33.2 Å². The molecule has 57 heavy (non-hydrogen) atoms. The van der Waals surface area contributed by atoms with E-state index in [1.807, 2.05) is 26.2 Å². The van der Waals surface area contributed by atoms with Gasteiger partial charge in [-0.1, -0.05) is 57.0 Å². The lowest BCUT2D eigenvalue weighted by Crippen LogP contribution is -2.72. The second-order valence-corrected chi connectivity index (χ2v) is 19.2. The summed E-state index contributed by atoms with van der Waals surface area (Å²) in [6, 6.07) is 2.58. The van der Waals surface area contributed by atoms with Gasteiger partial charge in [-0.2, -0.15) is 0 Å². The van der Waals surface area contributed by atoms with Crippen LogP contribution in [0.25, 0.3) is 0 Å². The fourth-order valence-corrected chi connectivity index (χ4v) is 10.4. The van der Waals surface area contributed by atoms with Gasteiger partial charge >= 0.3 is 12.1 Å². The van der Waals surface area contributed by atoms with E-state index in [4.69, 9.17) is 40.0 Å². The third kappa shape index (κ3) is 10.8. The van der Waals surface area contributed by atoms with Crippen LogP contribution in [0.3, 0.4) is 0 Å². The van der Waals surface area contributed by atoms with Crippen molar-refractivity contribution in [1.82, 2.24) is 10.2 Å². The Hall–Kier alpha value is -2.99. The molecule has 0 aromatic heterocycles. The van der Waals surface area contributed by atoms with Gasteiger partial charge < -0.3 is 43.3 Å². The standard InChI is InChI=1S/C40H58ClN3O11S2/c1-24-13-12-14-29(52-10)40(49)21-31(54-36(48)42-40)39(5)22-38(4,55-39)30(20-33(46)44(7)27-18-26(17-24)19-28(51-9)34(27)41)53-35(47)25(2)43(6)32(45)15-16-37(3,23-50-8)57-56-11/h12-14,18-19,25,29-31,49H,15-17,20-23H2,1-11H3,(H,42,48)/b14-12+,24-13+/t25-,29+,30-,31-,37?,38+,39?,40-/m0/s1. The van der Waals surface area contributed by atoms with Crippen molar-refractivity contribution < 1.29 is 52.7 Å². The van der Waals surface area contributed by atoms with Crippen molar-refractivity contribution in [3.8, 4) is 5.75 Å². The van der Waals surface area contributed by atoms with Crippen LogP contribution in [0.15, 0.2) is 35.9 Å². The quantitative estimate of drug-likeness (QED) is 0.190. The number of alkyl carbamates (subject to hydrolysis) is 1. The number of hydrogen-bond donors (Lipinski definition) is 2. The van der Waals surface area contributed by atoms with Gasteiger partial charge in [0.15, 0.2) is 5.72 Å². The highest BCUT2D eigenvalue weighted by Crippen LogP contribution is 2.50. The number of anilines is 1. The fraction of sp³-hybridized carbons (Fsp3) is 0.650. The van der Waals surface area contributed by atoms with E-state index in [0.29, 0.717) is 30.9 Å². The number of carbonyl (C=O) groups is 4. The maximum atomic E-state index is 14.2. The molecule has 2 fully saturated rings. The van der Waals surface area contributed by atoms with Crippen LogP contribution in [0.5, 0.6) is 5.75 Å². The fourth-order valence-electron chi connectivity index (χ4n) is 7.70. The molecule has 5 rings (SSSR count). The number of ether oxygens (including phenoxy) is 6. The normalized spacial score (nSPS) is 31.0. The van der Waals surface area contributed by atoms with Crippen molar-refractivity contribution in [2.45, 2.75) is 119 Å². The molecule has 3 amide bonds. The summed E-state index contributed by atoms with van der Waals surface area (Å²) in [4.78, 5) is 57.2. The highest BCUT2D eigenvalue weighted by Gasteiger charge is 2.63. The average molecular weight is 857 g/mol. The molecule has 4 aliphatic heterocycles. The van der Waals surface area contributed by atoms with Crippen LogP contribution in [-0.4, -0.2) is 128 Å². The van der Waals surface area contributed by atoms with Gasteiger partial charge in [-0.15, -0.1) is 0 Å². The number of esters is 1. The summed E-state index contributed by atoms with van der Waals surface area (Å²) in [7, 11) is 10.9. The van der Waals surface area contributed by atoms with E-state index in [0.717, 1.165) is 11.1 Å². The number of carbonyl (C=O) groups excluding carboxylic acids is 4. The number of fused-ring (bicyclic) bond motifs is 6. The smallest absolute Gasteiger partial charge is 0.409 e. The Morgan fingerprint density at radius 3 is 2.51 bits per heavy atom. The Balaban J connectivity index is 1.70. The van der Waals surface area contributed by atoms with E-state index in [-0.39, 0.29) is 41.4 Å². The van der Waals surface area contributed by atoms with Crippen LogP contribution in [0.4, 0.5) is 10.5 Å². The first-order valence-corrected chi connectivity index (χ1v) is 21.7. The molecule has 0 saturated carbocycles. The van der Waals surface area contributed by atoms with Gasteiger partial charge in [0.25, 0.3) is 0 Å². The number of hydrogen-bond acceptors (Lipinski definition) is 13. The number of aliphatic hydroxyl groups is 1. The molecule has 318 valence electrons. The number of amides is 3. The van der Waals surface area contributed by atoms with E-state index < -0.39 is 59.3 Å². The molecule has 0 aliphatic carbocycles. The van der Waals surface area contributed by atoms with Crippen molar-refractivity contribution in [3.05, 3.63) is 46.5 Å². The summed E-state index contributed by atoms with van der Waals surface area (Å²) in [6.07, 6.45) is 4.16. The second kappa shape index (κ2) is 18.9. The van der Waals surface area contributed by atoms with Crippen molar-refractivity contribution in [2.75, 3.05) is 53.2 Å². The maximum absolute atomic E-state index is 14.2. The van der Waals surface area contributed by atoms with Crippen molar-refractivity contribution in [2.24, 2.45) is 0 Å². The van der Waals surface area contributed by atoms with Gasteiger partial charge in [0, 0.05) is 52.3 Å². The zero-order valence-corrected chi connectivity index (χ0v) is 37.2. The Morgan fingerprint density at radius 1 is 1.21 bits per heavy atom. The summed E-state index contributed by atoms with van der Waals surface area (Å²) in [6.45, 7) is 9.42. The lowest BCUT2D eigenvalue weighted by molar-refractivity contribution is -0.328. The topological polar surface area (TPSA) is 162 Å². The number of nitrogens with one attached hydrogen (secondary N) is 1. The number of benzene rings is 1. The molecular weight excluding hydrogens is 798 g/mol. The van der Waals surface area contributed by atoms with E-state index >= 15 is 0 Å². The molecule has 2 saturated heterocycles. The van der Waals surface area contributed by atoms with Crippen LogP contribution in [0.2, 0.25) is 5.02 Å². The van der Waals surface area contributed by atoms with Crippen molar-refractivity contribution in [1.29, 1.82) is 0 Å². The van der Waals surface area contributed by atoms with E-state index in [9.17, 15) is 24.3 Å². The summed E-state index contributed by atoms with van der Waals surface area (Å²) >= 11 is 6.79. The van der Waals surface area contributed by atoms with Crippen LogP contribution in [0, 0.1) is 0 Å². The molecule has 2 unspecified atom stereocenters. The molecule has 2 N–H and O–H groups in total. The predicted molar refractivity (Wildman–Crippen MR) is 222 cm³/mol. The van der Waals surface area contributed by atoms with Gasteiger partial charge in [-0.25, -0.2) is 9.59 Å². The number of halogens is 1. The highest BCUT2D eigenvalue weighted by atomic mass is 35.5. The molecule has 6 bridgehead atoms. The monoisotopic (exact) mass is 855 g/mol. The number of allylic oxidation sites excluding steroid dienone is 3. The summed E-state index contributed by atoms with van der Waals surface area (Å²) in [5.41, 5.74) is -2.17.